The third-order valence-corrected chi connectivity index (χ3v) is 2.77. The Morgan fingerprint density at radius 2 is 1.83 bits per heavy atom. The highest BCUT2D eigenvalue weighted by atomic mass is 35.5. The van der Waals surface area contributed by atoms with Crippen LogP contribution < -0.4 is 4.90 Å². The van der Waals surface area contributed by atoms with Crippen LogP contribution in [0, 0.1) is 6.92 Å². The van der Waals surface area contributed by atoms with E-state index in [1.807, 2.05) is 42.2 Å². The molecule has 5 heteroatoms. The maximum Gasteiger partial charge on any atom is 0.233 e. The molecule has 0 aliphatic heterocycles. The Morgan fingerprint density at radius 3 is 2.44 bits per heavy atom. The van der Waals surface area contributed by atoms with E-state index in [1.54, 1.807) is 0 Å². The fourth-order valence-electron chi connectivity index (χ4n) is 1.75. The predicted molar refractivity (Wildman–Crippen MR) is 73.2 cm³/mol. The summed E-state index contributed by atoms with van der Waals surface area (Å²) in [6.45, 7) is 4.70. The lowest BCUT2D eigenvalue weighted by atomic mass is 10.3. The molecule has 18 heavy (non-hydrogen) atoms. The minimum absolute atomic E-state index is 0.294. The Balaban J connectivity index is 2.42. The molecular weight excluding hydrogens is 248 g/mol. The maximum atomic E-state index is 5.79. The largest absolute Gasteiger partial charge is 0.311 e. The Labute approximate surface area is 112 Å². The van der Waals surface area contributed by atoms with Gasteiger partial charge in [-0.25, -0.2) is 4.98 Å². The van der Waals surface area contributed by atoms with Gasteiger partial charge in [0.05, 0.1) is 5.88 Å². The van der Waals surface area contributed by atoms with Crippen LogP contribution in [0.25, 0.3) is 0 Å². The molecule has 0 atom stereocenters. The van der Waals surface area contributed by atoms with Crippen molar-refractivity contribution in [3.63, 3.8) is 0 Å². The number of alkyl halides is 1. The number of hydrogen-bond donors (Lipinski definition) is 0. The first-order valence-electron chi connectivity index (χ1n) is 5.84. The van der Waals surface area contributed by atoms with Gasteiger partial charge in [0.25, 0.3) is 0 Å². The van der Waals surface area contributed by atoms with Crippen molar-refractivity contribution in [1.29, 1.82) is 0 Å². The highest BCUT2D eigenvalue weighted by Crippen LogP contribution is 2.21. The first-order valence-corrected chi connectivity index (χ1v) is 6.38. The summed E-state index contributed by atoms with van der Waals surface area (Å²) >= 11 is 5.79. The van der Waals surface area contributed by atoms with E-state index < -0.39 is 0 Å². The molecule has 0 spiro atoms. The van der Waals surface area contributed by atoms with Crippen LogP contribution in [0.1, 0.15) is 18.6 Å². The quantitative estimate of drug-likeness (QED) is 0.794. The molecule has 2 aromatic rings. The Hall–Kier alpha value is -1.68. The molecule has 0 fully saturated rings. The molecule has 0 N–H and O–H groups in total. The lowest BCUT2D eigenvalue weighted by Crippen LogP contribution is -2.20. The van der Waals surface area contributed by atoms with Crippen LogP contribution in [0.5, 0.6) is 0 Å². The second-order valence-electron chi connectivity index (χ2n) is 3.81. The standard InChI is InChI=1S/C13H15ClN4/c1-3-18(11-7-5-4-6-8-11)13-16-10(2)15-12(9-14)17-13/h4-8H,3,9H2,1-2H3. The van der Waals surface area contributed by atoms with Crippen molar-refractivity contribution in [2.45, 2.75) is 19.7 Å². The number of aryl methyl sites for hydroxylation is 1. The number of benzene rings is 1. The van der Waals surface area contributed by atoms with Gasteiger partial charge in [-0.2, -0.15) is 9.97 Å². The molecule has 0 unspecified atom stereocenters. The molecule has 2 rings (SSSR count). The minimum atomic E-state index is 0.294. The van der Waals surface area contributed by atoms with E-state index in [2.05, 4.69) is 21.9 Å². The van der Waals surface area contributed by atoms with E-state index in [-0.39, 0.29) is 0 Å². The van der Waals surface area contributed by atoms with Gasteiger partial charge in [-0.3, -0.25) is 0 Å². The monoisotopic (exact) mass is 262 g/mol. The summed E-state index contributed by atoms with van der Waals surface area (Å²) < 4.78 is 0. The molecule has 0 amide bonds. The third-order valence-electron chi connectivity index (χ3n) is 2.53. The summed E-state index contributed by atoms with van der Waals surface area (Å²) in [4.78, 5) is 15.0. The normalized spacial score (nSPS) is 10.4. The highest BCUT2D eigenvalue weighted by molar-refractivity contribution is 6.16. The van der Waals surface area contributed by atoms with Crippen LogP contribution >= 0.6 is 11.6 Å². The van der Waals surface area contributed by atoms with E-state index in [9.17, 15) is 0 Å². The average Bonchev–Trinajstić information content (AvgIpc) is 2.40. The number of hydrogen-bond acceptors (Lipinski definition) is 4. The zero-order chi connectivity index (χ0) is 13.0. The first kappa shape index (κ1) is 12.8. The number of para-hydroxylation sites is 1. The molecule has 94 valence electrons. The number of nitrogens with zero attached hydrogens (tertiary/aromatic N) is 4. The lowest BCUT2D eigenvalue weighted by molar-refractivity contribution is 0.858. The first-order chi connectivity index (χ1) is 8.74. The fraction of sp³-hybridized carbons (Fsp3) is 0.308. The zero-order valence-electron chi connectivity index (χ0n) is 10.5. The molecule has 0 radical (unpaired) electrons. The van der Waals surface area contributed by atoms with Crippen molar-refractivity contribution in [2.24, 2.45) is 0 Å². The van der Waals surface area contributed by atoms with Gasteiger partial charge < -0.3 is 4.90 Å². The Bertz CT molecular complexity index is 516. The highest BCUT2D eigenvalue weighted by Gasteiger charge is 2.12. The summed E-state index contributed by atoms with van der Waals surface area (Å²) in [7, 11) is 0. The fourth-order valence-corrected chi connectivity index (χ4v) is 1.87. The van der Waals surface area contributed by atoms with Gasteiger partial charge in [-0.15, -0.1) is 11.6 Å². The summed E-state index contributed by atoms with van der Waals surface area (Å²) in [5.74, 6) is 2.23. The predicted octanol–water partition coefficient (Wildman–Crippen LogP) is 3.08. The molecule has 0 saturated heterocycles. The topological polar surface area (TPSA) is 41.9 Å². The van der Waals surface area contributed by atoms with E-state index in [0.29, 0.717) is 23.5 Å². The van der Waals surface area contributed by atoms with Crippen LogP contribution in [0.3, 0.4) is 0 Å². The maximum absolute atomic E-state index is 5.79. The molecule has 0 aliphatic rings. The number of rotatable bonds is 4. The van der Waals surface area contributed by atoms with Crippen molar-refractivity contribution in [3.8, 4) is 0 Å². The minimum Gasteiger partial charge on any atom is -0.311 e. The number of aromatic nitrogens is 3. The summed E-state index contributed by atoms with van der Waals surface area (Å²) in [6.07, 6.45) is 0. The van der Waals surface area contributed by atoms with Crippen LogP contribution in [0.15, 0.2) is 30.3 Å². The lowest BCUT2D eigenvalue weighted by Gasteiger charge is -2.21. The second-order valence-corrected chi connectivity index (χ2v) is 4.08. The van der Waals surface area contributed by atoms with Crippen molar-refractivity contribution in [1.82, 2.24) is 15.0 Å². The number of halogens is 1. The van der Waals surface area contributed by atoms with Crippen molar-refractivity contribution < 1.29 is 0 Å². The molecule has 1 aromatic heterocycles. The van der Waals surface area contributed by atoms with E-state index in [4.69, 9.17) is 11.6 Å². The van der Waals surface area contributed by atoms with Gasteiger partial charge in [-0.05, 0) is 26.0 Å². The Morgan fingerprint density at radius 1 is 1.11 bits per heavy atom. The van der Waals surface area contributed by atoms with Crippen LogP contribution in [-0.2, 0) is 5.88 Å². The van der Waals surface area contributed by atoms with Crippen molar-refractivity contribution in [2.75, 3.05) is 11.4 Å². The van der Waals surface area contributed by atoms with E-state index >= 15 is 0 Å². The van der Waals surface area contributed by atoms with Gasteiger partial charge in [0, 0.05) is 12.2 Å². The summed E-state index contributed by atoms with van der Waals surface area (Å²) in [5.41, 5.74) is 1.06. The van der Waals surface area contributed by atoms with Crippen LogP contribution in [-0.4, -0.2) is 21.5 Å². The molecule has 0 saturated carbocycles. The SMILES string of the molecule is CCN(c1ccccc1)c1nc(C)nc(CCl)n1. The summed E-state index contributed by atoms with van der Waals surface area (Å²) in [5, 5.41) is 0. The number of anilines is 2. The van der Waals surface area contributed by atoms with Gasteiger partial charge in [0.15, 0.2) is 0 Å². The third kappa shape index (κ3) is 2.76. The van der Waals surface area contributed by atoms with Gasteiger partial charge in [0.2, 0.25) is 5.95 Å². The van der Waals surface area contributed by atoms with Gasteiger partial charge in [0.1, 0.15) is 11.6 Å². The molecule has 4 nitrogen and oxygen atoms in total. The molecule has 0 bridgehead atoms. The zero-order valence-corrected chi connectivity index (χ0v) is 11.2. The Kier molecular flexibility index (Phi) is 4.10. The average molecular weight is 263 g/mol. The van der Waals surface area contributed by atoms with E-state index in [1.165, 1.54) is 0 Å². The van der Waals surface area contributed by atoms with Gasteiger partial charge in [-0.1, -0.05) is 18.2 Å². The smallest absolute Gasteiger partial charge is 0.233 e. The van der Waals surface area contributed by atoms with Crippen LogP contribution in [0.4, 0.5) is 11.6 Å². The van der Waals surface area contributed by atoms with Crippen molar-refractivity contribution in [3.05, 3.63) is 42.0 Å². The van der Waals surface area contributed by atoms with Crippen LogP contribution in [0.2, 0.25) is 0 Å². The molecular formula is C13H15ClN4. The second kappa shape index (κ2) is 5.78. The molecule has 0 aliphatic carbocycles. The molecule has 1 aromatic carbocycles. The summed E-state index contributed by atoms with van der Waals surface area (Å²) in [6, 6.07) is 10.0. The van der Waals surface area contributed by atoms with Crippen molar-refractivity contribution >= 4 is 23.2 Å². The van der Waals surface area contributed by atoms with Gasteiger partial charge >= 0.3 is 0 Å². The van der Waals surface area contributed by atoms with E-state index in [0.717, 1.165) is 12.2 Å². The molecule has 1 heterocycles.